The number of benzene rings is 2. The fourth-order valence-electron chi connectivity index (χ4n) is 1.85. The molecule has 0 atom stereocenters. The van der Waals surface area contributed by atoms with E-state index in [1.807, 2.05) is 6.07 Å². The lowest BCUT2D eigenvalue weighted by atomic mass is 9.98. The molecule has 0 heterocycles. The lowest BCUT2D eigenvalue weighted by molar-refractivity contribution is -0.114. The molecule has 0 unspecified atom stereocenters. The summed E-state index contributed by atoms with van der Waals surface area (Å²) in [5.74, 6) is -1.12. The van der Waals surface area contributed by atoms with Crippen LogP contribution < -0.4 is 5.73 Å². The van der Waals surface area contributed by atoms with Gasteiger partial charge >= 0.3 is 0 Å². The van der Waals surface area contributed by atoms with Crippen LogP contribution in [0.25, 0.3) is 5.76 Å². The Balaban J connectivity index is 2.53. The molecular formula is C16H14N2O2. The molecule has 0 aliphatic carbocycles. The number of carbonyl (C=O) groups excluding carboxylic acids is 1. The minimum absolute atomic E-state index is 0.0977. The summed E-state index contributed by atoms with van der Waals surface area (Å²) >= 11 is 0. The van der Waals surface area contributed by atoms with Crippen LogP contribution in [0.2, 0.25) is 0 Å². The normalized spacial score (nSPS) is 11.6. The Bertz CT molecular complexity index is 661. The summed E-state index contributed by atoms with van der Waals surface area (Å²) in [5.41, 5.74) is 5.99. The number of hydrogen-bond donors (Lipinski definition) is 3. The van der Waals surface area contributed by atoms with Gasteiger partial charge in [-0.15, -0.1) is 0 Å². The Morgan fingerprint density at radius 2 is 1.35 bits per heavy atom. The first-order valence-corrected chi connectivity index (χ1v) is 6.04. The standard InChI is InChI=1S/C16H14N2O2/c17-14(11-7-3-1-4-8-11)13(16(18)20)15(19)12-9-5-2-6-10-12/h1-10,17,19H,(H2,18,20). The molecule has 0 radical (unpaired) electrons. The van der Waals surface area contributed by atoms with Gasteiger partial charge in [0, 0.05) is 11.1 Å². The third-order valence-corrected chi connectivity index (χ3v) is 2.84. The van der Waals surface area contributed by atoms with E-state index in [2.05, 4.69) is 0 Å². The first kappa shape index (κ1) is 13.5. The highest BCUT2D eigenvalue weighted by atomic mass is 16.3. The molecule has 0 aromatic heterocycles. The summed E-state index contributed by atoms with van der Waals surface area (Å²) in [6.07, 6.45) is 0. The van der Waals surface area contributed by atoms with Gasteiger partial charge in [0.25, 0.3) is 5.91 Å². The van der Waals surface area contributed by atoms with Crippen molar-refractivity contribution in [3.63, 3.8) is 0 Å². The van der Waals surface area contributed by atoms with Gasteiger partial charge in [-0.25, -0.2) is 0 Å². The van der Waals surface area contributed by atoms with Crippen LogP contribution in [0.1, 0.15) is 11.1 Å². The first-order valence-electron chi connectivity index (χ1n) is 6.04. The van der Waals surface area contributed by atoms with E-state index in [0.29, 0.717) is 11.1 Å². The summed E-state index contributed by atoms with van der Waals surface area (Å²) in [4.78, 5) is 11.6. The van der Waals surface area contributed by atoms with Gasteiger partial charge in [-0.2, -0.15) is 0 Å². The minimum Gasteiger partial charge on any atom is -0.506 e. The van der Waals surface area contributed by atoms with Crippen LogP contribution in [0.15, 0.2) is 66.2 Å². The summed E-state index contributed by atoms with van der Waals surface area (Å²) in [6, 6.07) is 17.2. The third kappa shape index (κ3) is 2.75. The Morgan fingerprint density at radius 1 is 0.900 bits per heavy atom. The van der Waals surface area contributed by atoms with Gasteiger partial charge in [0.05, 0.1) is 5.71 Å². The highest BCUT2D eigenvalue weighted by Gasteiger charge is 2.19. The van der Waals surface area contributed by atoms with E-state index in [0.717, 1.165) is 0 Å². The third-order valence-electron chi connectivity index (χ3n) is 2.84. The minimum atomic E-state index is -0.833. The number of aliphatic hydroxyl groups excluding tert-OH is 1. The Hall–Kier alpha value is -2.88. The fraction of sp³-hybridized carbons (Fsp3) is 0. The highest BCUT2D eigenvalue weighted by molar-refractivity contribution is 6.29. The second-order valence-electron chi connectivity index (χ2n) is 4.19. The van der Waals surface area contributed by atoms with Crippen LogP contribution in [-0.4, -0.2) is 16.7 Å². The van der Waals surface area contributed by atoms with Gasteiger partial charge in [0.1, 0.15) is 11.3 Å². The molecule has 0 saturated heterocycles. The number of hydrogen-bond acceptors (Lipinski definition) is 3. The maximum atomic E-state index is 11.6. The molecule has 2 aromatic carbocycles. The molecule has 20 heavy (non-hydrogen) atoms. The van der Waals surface area contributed by atoms with E-state index < -0.39 is 5.91 Å². The number of carbonyl (C=O) groups is 1. The van der Waals surface area contributed by atoms with E-state index in [-0.39, 0.29) is 17.0 Å². The van der Waals surface area contributed by atoms with Crippen molar-refractivity contribution in [1.82, 2.24) is 0 Å². The molecule has 0 spiro atoms. The monoisotopic (exact) mass is 266 g/mol. The molecule has 1 amide bonds. The average molecular weight is 266 g/mol. The maximum Gasteiger partial charge on any atom is 0.254 e. The molecule has 0 fully saturated rings. The molecule has 0 aliphatic rings. The largest absolute Gasteiger partial charge is 0.506 e. The molecule has 100 valence electrons. The zero-order valence-electron chi connectivity index (χ0n) is 10.7. The van der Waals surface area contributed by atoms with Gasteiger partial charge < -0.3 is 10.8 Å². The fourth-order valence-corrected chi connectivity index (χ4v) is 1.85. The quantitative estimate of drug-likeness (QED) is 0.451. The highest BCUT2D eigenvalue weighted by Crippen LogP contribution is 2.19. The Labute approximate surface area is 116 Å². The first-order chi connectivity index (χ1) is 9.61. The number of primary amides is 1. The van der Waals surface area contributed by atoms with Crippen LogP contribution in [0.5, 0.6) is 0 Å². The van der Waals surface area contributed by atoms with Gasteiger partial charge in [0.2, 0.25) is 0 Å². The van der Waals surface area contributed by atoms with Crippen molar-refractivity contribution in [2.24, 2.45) is 5.73 Å². The number of aliphatic hydroxyl groups is 1. The van der Waals surface area contributed by atoms with E-state index >= 15 is 0 Å². The van der Waals surface area contributed by atoms with E-state index in [1.54, 1.807) is 54.6 Å². The molecule has 0 aliphatic heterocycles. The molecule has 4 nitrogen and oxygen atoms in total. The number of nitrogens with two attached hydrogens (primary N) is 1. The Morgan fingerprint density at radius 3 is 1.80 bits per heavy atom. The van der Waals surface area contributed by atoms with Crippen LogP contribution in [0.3, 0.4) is 0 Å². The van der Waals surface area contributed by atoms with Gasteiger partial charge in [-0.3, -0.25) is 10.2 Å². The smallest absolute Gasteiger partial charge is 0.254 e. The van der Waals surface area contributed by atoms with Crippen molar-refractivity contribution in [1.29, 1.82) is 5.41 Å². The SMILES string of the molecule is N=C(C(C(N)=O)=C(O)c1ccccc1)c1ccccc1. The second kappa shape index (κ2) is 5.84. The zero-order chi connectivity index (χ0) is 14.5. The summed E-state index contributed by atoms with van der Waals surface area (Å²) in [5, 5.41) is 18.3. The molecule has 0 bridgehead atoms. The van der Waals surface area contributed by atoms with E-state index in [9.17, 15) is 9.90 Å². The van der Waals surface area contributed by atoms with Crippen LogP contribution in [0.4, 0.5) is 0 Å². The molecule has 2 aromatic rings. The average Bonchev–Trinajstić information content (AvgIpc) is 2.48. The van der Waals surface area contributed by atoms with Crippen molar-refractivity contribution >= 4 is 17.4 Å². The van der Waals surface area contributed by atoms with Crippen molar-refractivity contribution in [3.05, 3.63) is 77.4 Å². The lowest BCUT2D eigenvalue weighted by Crippen LogP contribution is -2.22. The van der Waals surface area contributed by atoms with Crippen molar-refractivity contribution < 1.29 is 9.90 Å². The van der Waals surface area contributed by atoms with E-state index in [1.165, 1.54) is 0 Å². The van der Waals surface area contributed by atoms with Gasteiger partial charge in [-0.05, 0) is 0 Å². The van der Waals surface area contributed by atoms with Crippen LogP contribution >= 0.6 is 0 Å². The summed E-state index contributed by atoms with van der Waals surface area (Å²) < 4.78 is 0. The Kier molecular flexibility index (Phi) is 3.96. The number of amides is 1. The van der Waals surface area contributed by atoms with Crippen molar-refractivity contribution in [3.8, 4) is 0 Å². The number of rotatable bonds is 4. The molecule has 0 saturated carbocycles. The molecule has 4 N–H and O–H groups in total. The maximum absolute atomic E-state index is 11.6. The second-order valence-corrected chi connectivity index (χ2v) is 4.19. The predicted molar refractivity (Wildman–Crippen MR) is 78.5 cm³/mol. The molecule has 4 heteroatoms. The summed E-state index contributed by atoms with van der Waals surface area (Å²) in [6.45, 7) is 0. The van der Waals surface area contributed by atoms with Crippen LogP contribution in [0, 0.1) is 5.41 Å². The molecular weight excluding hydrogens is 252 g/mol. The van der Waals surface area contributed by atoms with Gasteiger partial charge in [-0.1, -0.05) is 60.7 Å². The molecule has 2 rings (SSSR count). The lowest BCUT2D eigenvalue weighted by Gasteiger charge is -2.09. The zero-order valence-corrected chi connectivity index (χ0v) is 10.7. The topological polar surface area (TPSA) is 87.2 Å². The van der Waals surface area contributed by atoms with Gasteiger partial charge in [0.15, 0.2) is 0 Å². The van der Waals surface area contributed by atoms with E-state index in [4.69, 9.17) is 11.1 Å². The van der Waals surface area contributed by atoms with Crippen molar-refractivity contribution in [2.75, 3.05) is 0 Å². The summed E-state index contributed by atoms with van der Waals surface area (Å²) in [7, 11) is 0. The predicted octanol–water partition coefficient (Wildman–Crippen LogP) is 2.51. The van der Waals surface area contributed by atoms with Crippen LogP contribution in [-0.2, 0) is 4.79 Å². The number of nitrogens with one attached hydrogen (secondary N) is 1. The van der Waals surface area contributed by atoms with Crippen molar-refractivity contribution in [2.45, 2.75) is 0 Å².